The second-order valence-electron chi connectivity index (χ2n) is 5.36. The van der Waals surface area contributed by atoms with Gasteiger partial charge in [-0.25, -0.2) is 0 Å². The highest BCUT2D eigenvalue weighted by Gasteiger charge is 2.39. The first kappa shape index (κ1) is 11.4. The Morgan fingerprint density at radius 3 is 2.33 bits per heavy atom. The molecule has 1 aliphatic carbocycles. The largest absolute Gasteiger partial charge is 0.390 e. The van der Waals surface area contributed by atoms with Crippen molar-refractivity contribution in [1.29, 1.82) is 0 Å². The van der Waals surface area contributed by atoms with Crippen LogP contribution >= 0.6 is 0 Å². The second kappa shape index (κ2) is 4.81. The molecule has 1 heterocycles. The Balaban J connectivity index is 1.67. The highest BCUT2D eigenvalue weighted by molar-refractivity contribution is 4.93. The first-order chi connectivity index (χ1) is 7.18. The minimum atomic E-state index is -0.279. The number of nitrogens with two attached hydrogens (primary N) is 1. The van der Waals surface area contributed by atoms with Crippen LogP contribution in [0.3, 0.4) is 0 Å². The summed E-state index contributed by atoms with van der Waals surface area (Å²) < 4.78 is 0. The highest BCUT2D eigenvalue weighted by Crippen LogP contribution is 2.38. The Kier molecular flexibility index (Phi) is 3.65. The Morgan fingerprint density at radius 1 is 1.20 bits per heavy atom. The van der Waals surface area contributed by atoms with Crippen LogP contribution in [0.2, 0.25) is 0 Å². The van der Waals surface area contributed by atoms with Crippen LogP contribution in [-0.4, -0.2) is 41.3 Å². The van der Waals surface area contributed by atoms with Crippen LogP contribution in [0.25, 0.3) is 0 Å². The molecule has 2 aliphatic rings. The van der Waals surface area contributed by atoms with E-state index < -0.39 is 0 Å². The van der Waals surface area contributed by atoms with Crippen molar-refractivity contribution >= 4 is 0 Å². The predicted molar refractivity (Wildman–Crippen MR) is 61.7 cm³/mol. The molecule has 3 heteroatoms. The van der Waals surface area contributed by atoms with Crippen LogP contribution in [0.1, 0.15) is 44.9 Å². The van der Waals surface area contributed by atoms with E-state index in [1.165, 1.54) is 38.8 Å². The van der Waals surface area contributed by atoms with Gasteiger partial charge in [0.15, 0.2) is 0 Å². The van der Waals surface area contributed by atoms with Gasteiger partial charge in [-0.3, -0.25) is 0 Å². The number of hydrogen-bond acceptors (Lipinski definition) is 3. The third kappa shape index (κ3) is 3.74. The average Bonchev–Trinajstić information content (AvgIpc) is 2.89. The monoisotopic (exact) mass is 212 g/mol. The van der Waals surface area contributed by atoms with Gasteiger partial charge in [0, 0.05) is 12.6 Å². The molecule has 0 spiro atoms. The topological polar surface area (TPSA) is 49.5 Å². The summed E-state index contributed by atoms with van der Waals surface area (Å²) in [5.41, 5.74) is 5.67. The molecule has 0 amide bonds. The second-order valence-corrected chi connectivity index (χ2v) is 5.36. The van der Waals surface area contributed by atoms with E-state index in [4.69, 9.17) is 5.73 Å². The van der Waals surface area contributed by atoms with Crippen molar-refractivity contribution in [2.75, 3.05) is 19.6 Å². The third-order valence-corrected chi connectivity index (χ3v) is 3.82. The average molecular weight is 212 g/mol. The van der Waals surface area contributed by atoms with E-state index in [-0.39, 0.29) is 5.60 Å². The summed E-state index contributed by atoms with van der Waals surface area (Å²) in [7, 11) is 0. The zero-order valence-electron chi connectivity index (χ0n) is 9.62. The summed E-state index contributed by atoms with van der Waals surface area (Å²) in [5.74, 6) is 0. The molecule has 0 aromatic carbocycles. The van der Waals surface area contributed by atoms with E-state index in [0.717, 1.165) is 25.8 Å². The lowest BCUT2D eigenvalue weighted by Crippen LogP contribution is -2.34. The van der Waals surface area contributed by atoms with E-state index in [9.17, 15) is 5.11 Å². The highest BCUT2D eigenvalue weighted by atomic mass is 16.3. The van der Waals surface area contributed by atoms with Crippen LogP contribution in [-0.2, 0) is 0 Å². The minimum Gasteiger partial charge on any atom is -0.390 e. The maximum atomic E-state index is 9.78. The maximum Gasteiger partial charge on any atom is 0.0662 e. The molecule has 1 saturated heterocycles. The first-order valence-electron chi connectivity index (χ1n) is 6.38. The zero-order chi connectivity index (χ0) is 10.7. The Labute approximate surface area is 92.6 Å². The zero-order valence-corrected chi connectivity index (χ0v) is 9.62. The van der Waals surface area contributed by atoms with Crippen LogP contribution < -0.4 is 5.73 Å². The van der Waals surface area contributed by atoms with Gasteiger partial charge < -0.3 is 15.7 Å². The summed E-state index contributed by atoms with van der Waals surface area (Å²) in [6.07, 6.45) is 7.79. The van der Waals surface area contributed by atoms with E-state index in [0.29, 0.717) is 6.04 Å². The van der Waals surface area contributed by atoms with Gasteiger partial charge in [-0.05, 0) is 58.0 Å². The van der Waals surface area contributed by atoms with E-state index in [1.54, 1.807) is 0 Å². The summed E-state index contributed by atoms with van der Waals surface area (Å²) >= 11 is 0. The van der Waals surface area contributed by atoms with Crippen molar-refractivity contribution in [3.8, 4) is 0 Å². The lowest BCUT2D eigenvalue weighted by Gasteiger charge is -2.27. The lowest BCUT2D eigenvalue weighted by atomic mass is 10.0. The normalized spacial score (nSPS) is 28.4. The SMILES string of the molecule is NC1CCCN(CCC2(O)CC2)CCC1. The van der Waals surface area contributed by atoms with Crippen molar-refractivity contribution in [3.05, 3.63) is 0 Å². The predicted octanol–water partition coefficient (Wildman–Crippen LogP) is 1.10. The molecule has 0 radical (unpaired) electrons. The Bertz CT molecular complexity index is 194. The van der Waals surface area contributed by atoms with Gasteiger partial charge in [0.25, 0.3) is 0 Å². The molecule has 0 bridgehead atoms. The van der Waals surface area contributed by atoms with E-state index >= 15 is 0 Å². The molecule has 0 unspecified atom stereocenters. The standard InChI is InChI=1S/C12H24N2O/c13-11-3-1-8-14(9-2-4-11)10-7-12(15)5-6-12/h11,15H,1-10,13H2. The molecule has 0 aromatic heterocycles. The number of nitrogens with zero attached hydrogens (tertiary/aromatic N) is 1. The van der Waals surface area contributed by atoms with E-state index in [1.807, 2.05) is 0 Å². The van der Waals surface area contributed by atoms with Gasteiger partial charge >= 0.3 is 0 Å². The molecular weight excluding hydrogens is 188 g/mol. The fraction of sp³-hybridized carbons (Fsp3) is 1.00. The molecule has 1 saturated carbocycles. The quantitative estimate of drug-likeness (QED) is 0.736. The molecule has 0 atom stereocenters. The van der Waals surface area contributed by atoms with Crippen LogP contribution in [0.15, 0.2) is 0 Å². The van der Waals surface area contributed by atoms with Gasteiger partial charge in [0.2, 0.25) is 0 Å². The van der Waals surface area contributed by atoms with Gasteiger partial charge in [-0.1, -0.05) is 0 Å². The van der Waals surface area contributed by atoms with E-state index in [2.05, 4.69) is 4.90 Å². The molecule has 88 valence electrons. The Hall–Kier alpha value is -0.120. The van der Waals surface area contributed by atoms with Gasteiger partial charge in [0.1, 0.15) is 0 Å². The molecule has 2 fully saturated rings. The minimum absolute atomic E-state index is 0.279. The molecule has 15 heavy (non-hydrogen) atoms. The first-order valence-corrected chi connectivity index (χ1v) is 6.38. The van der Waals surface area contributed by atoms with Crippen molar-refractivity contribution in [1.82, 2.24) is 4.90 Å². The molecule has 3 nitrogen and oxygen atoms in total. The van der Waals surface area contributed by atoms with Gasteiger partial charge in [0.05, 0.1) is 5.60 Å². The maximum absolute atomic E-state index is 9.78. The van der Waals surface area contributed by atoms with Crippen LogP contribution in [0.5, 0.6) is 0 Å². The molecule has 1 aliphatic heterocycles. The Morgan fingerprint density at radius 2 is 1.80 bits per heavy atom. The smallest absolute Gasteiger partial charge is 0.0662 e. The van der Waals surface area contributed by atoms with Crippen molar-refractivity contribution in [3.63, 3.8) is 0 Å². The molecule has 2 rings (SSSR count). The fourth-order valence-corrected chi connectivity index (χ4v) is 2.39. The van der Waals surface area contributed by atoms with Crippen molar-refractivity contribution in [2.45, 2.75) is 56.6 Å². The number of rotatable bonds is 3. The number of likely N-dealkylation sites (tertiary alicyclic amines) is 1. The fourth-order valence-electron chi connectivity index (χ4n) is 2.39. The summed E-state index contributed by atoms with van der Waals surface area (Å²) in [4.78, 5) is 2.50. The van der Waals surface area contributed by atoms with Crippen molar-refractivity contribution in [2.24, 2.45) is 5.73 Å². The summed E-state index contributed by atoms with van der Waals surface area (Å²) in [6, 6.07) is 0.430. The number of aliphatic hydroxyl groups is 1. The molecule has 0 aromatic rings. The van der Waals surface area contributed by atoms with Gasteiger partial charge in [-0.2, -0.15) is 0 Å². The van der Waals surface area contributed by atoms with Gasteiger partial charge in [-0.15, -0.1) is 0 Å². The molecule has 3 N–H and O–H groups in total. The van der Waals surface area contributed by atoms with Crippen LogP contribution in [0, 0.1) is 0 Å². The number of hydrogen-bond donors (Lipinski definition) is 2. The van der Waals surface area contributed by atoms with Crippen LogP contribution in [0.4, 0.5) is 0 Å². The summed E-state index contributed by atoms with van der Waals surface area (Å²) in [5, 5.41) is 9.78. The van der Waals surface area contributed by atoms with Crippen molar-refractivity contribution < 1.29 is 5.11 Å². The molecular formula is C12H24N2O. The third-order valence-electron chi connectivity index (χ3n) is 3.82. The summed E-state index contributed by atoms with van der Waals surface area (Å²) in [6.45, 7) is 3.42. The lowest BCUT2D eigenvalue weighted by molar-refractivity contribution is 0.116.